The predicted molar refractivity (Wildman–Crippen MR) is 99.2 cm³/mol. The van der Waals surface area contributed by atoms with Gasteiger partial charge in [-0.1, -0.05) is 36.4 Å². The summed E-state index contributed by atoms with van der Waals surface area (Å²) in [4.78, 5) is 39.8. The molecule has 0 radical (unpaired) electrons. The van der Waals surface area contributed by atoms with E-state index in [1.54, 1.807) is 61.5 Å². The predicted octanol–water partition coefficient (Wildman–Crippen LogP) is 1.98. The van der Waals surface area contributed by atoms with Crippen LogP contribution < -0.4 is 9.91 Å². The number of anilines is 2. The highest BCUT2D eigenvalue weighted by molar-refractivity contribution is 6.47. The number of para-hydroxylation sites is 2. The summed E-state index contributed by atoms with van der Waals surface area (Å²) in [6, 6.07) is 16.8. The molecule has 2 aromatic carbocycles. The minimum atomic E-state index is -0.989. The lowest BCUT2D eigenvalue weighted by molar-refractivity contribution is -0.136. The third kappa shape index (κ3) is 2.68. The van der Waals surface area contributed by atoms with Crippen LogP contribution in [0, 0.1) is 5.92 Å². The first kappa shape index (κ1) is 17.0. The van der Waals surface area contributed by atoms with Gasteiger partial charge in [-0.2, -0.15) is 5.10 Å². The summed E-state index contributed by atoms with van der Waals surface area (Å²) < 4.78 is 5.06. The first-order valence-electron chi connectivity index (χ1n) is 8.66. The molecule has 2 atom stereocenters. The Balaban J connectivity index is 1.79. The van der Waals surface area contributed by atoms with Crippen LogP contribution in [0.3, 0.4) is 0 Å². The lowest BCUT2D eigenvalue weighted by atomic mass is 9.98. The molecule has 0 bridgehead atoms. The molecule has 2 heterocycles. The monoisotopic (exact) mass is 363 g/mol. The van der Waals surface area contributed by atoms with Crippen LogP contribution in [-0.4, -0.2) is 36.1 Å². The fourth-order valence-corrected chi connectivity index (χ4v) is 3.41. The fraction of sp³-hybridized carbons (Fsp3) is 0.200. The van der Waals surface area contributed by atoms with E-state index in [4.69, 9.17) is 4.74 Å². The molecule has 0 aromatic heterocycles. The van der Waals surface area contributed by atoms with Gasteiger partial charge in [0.15, 0.2) is 5.71 Å². The van der Waals surface area contributed by atoms with Gasteiger partial charge in [0.25, 0.3) is 5.91 Å². The van der Waals surface area contributed by atoms with E-state index in [0.29, 0.717) is 11.4 Å². The van der Waals surface area contributed by atoms with Gasteiger partial charge in [-0.05, 0) is 31.2 Å². The highest BCUT2D eigenvalue weighted by Crippen LogP contribution is 2.37. The number of amides is 2. The maximum absolute atomic E-state index is 13.1. The number of rotatable bonds is 4. The lowest BCUT2D eigenvalue weighted by Crippen LogP contribution is -2.39. The molecule has 0 saturated carbocycles. The van der Waals surface area contributed by atoms with Gasteiger partial charge >= 0.3 is 5.97 Å². The molecule has 0 N–H and O–H groups in total. The van der Waals surface area contributed by atoms with E-state index < -0.39 is 29.7 Å². The second-order valence-electron chi connectivity index (χ2n) is 6.16. The van der Waals surface area contributed by atoms with Crippen molar-refractivity contribution in [3.63, 3.8) is 0 Å². The number of carbonyl (C=O) groups is 3. The standard InChI is InChI=1S/C20H17N3O4/c1-2-27-20(26)16-15-17(23(21-16)14-11-7-4-8-12-14)19(25)22(18(15)24)13-9-5-3-6-10-13/h3-12,15,17H,2H2,1H3/t15-,17+/m0/s1. The molecule has 2 amide bonds. The first-order chi connectivity index (χ1) is 13.1. The number of nitrogens with zero attached hydrogens (tertiary/aromatic N) is 3. The second-order valence-corrected chi connectivity index (χ2v) is 6.16. The number of benzene rings is 2. The molecule has 1 saturated heterocycles. The number of imide groups is 1. The Kier molecular flexibility index (Phi) is 4.19. The van der Waals surface area contributed by atoms with Crippen molar-refractivity contribution in [3.8, 4) is 0 Å². The topological polar surface area (TPSA) is 79.3 Å². The summed E-state index contributed by atoms with van der Waals surface area (Å²) >= 11 is 0. The van der Waals surface area contributed by atoms with Crippen molar-refractivity contribution < 1.29 is 19.1 Å². The van der Waals surface area contributed by atoms with Gasteiger partial charge in [0.2, 0.25) is 5.91 Å². The average molecular weight is 363 g/mol. The Bertz CT molecular complexity index is 927. The molecule has 136 valence electrons. The highest BCUT2D eigenvalue weighted by Gasteiger charge is 2.59. The Morgan fingerprint density at radius 2 is 1.56 bits per heavy atom. The smallest absolute Gasteiger partial charge is 0.355 e. The number of fused-ring (bicyclic) bond motifs is 1. The van der Waals surface area contributed by atoms with Crippen LogP contribution in [0.5, 0.6) is 0 Å². The molecule has 0 unspecified atom stereocenters. The van der Waals surface area contributed by atoms with Gasteiger partial charge in [-0.3, -0.25) is 14.6 Å². The maximum Gasteiger partial charge on any atom is 0.355 e. The molecule has 7 nitrogen and oxygen atoms in total. The van der Waals surface area contributed by atoms with Gasteiger partial charge < -0.3 is 4.74 Å². The largest absolute Gasteiger partial charge is 0.461 e. The molecule has 4 rings (SSSR count). The van der Waals surface area contributed by atoms with Gasteiger partial charge in [-0.15, -0.1) is 0 Å². The van der Waals surface area contributed by atoms with Crippen molar-refractivity contribution in [3.05, 3.63) is 60.7 Å². The molecule has 0 spiro atoms. The lowest BCUT2D eigenvalue weighted by Gasteiger charge is -2.22. The highest BCUT2D eigenvalue weighted by atomic mass is 16.5. The van der Waals surface area contributed by atoms with Crippen LogP contribution in [0.1, 0.15) is 6.92 Å². The van der Waals surface area contributed by atoms with E-state index in [9.17, 15) is 14.4 Å². The molecule has 2 aromatic rings. The average Bonchev–Trinajstić information content (AvgIpc) is 3.21. The molecular formula is C20H17N3O4. The number of hydrazone groups is 1. The van der Waals surface area contributed by atoms with Crippen LogP contribution >= 0.6 is 0 Å². The number of carbonyl (C=O) groups excluding carboxylic acids is 3. The Morgan fingerprint density at radius 3 is 2.15 bits per heavy atom. The van der Waals surface area contributed by atoms with Crippen LogP contribution in [0.15, 0.2) is 65.8 Å². The van der Waals surface area contributed by atoms with E-state index in [-0.39, 0.29) is 12.3 Å². The Morgan fingerprint density at radius 1 is 0.963 bits per heavy atom. The minimum Gasteiger partial charge on any atom is -0.461 e. The van der Waals surface area contributed by atoms with Gasteiger partial charge in [0.1, 0.15) is 12.0 Å². The molecule has 7 heteroatoms. The molecular weight excluding hydrogens is 346 g/mol. The van der Waals surface area contributed by atoms with Crippen LogP contribution in [-0.2, 0) is 19.1 Å². The molecule has 27 heavy (non-hydrogen) atoms. The quantitative estimate of drug-likeness (QED) is 0.613. The molecule has 2 aliphatic rings. The van der Waals surface area contributed by atoms with E-state index in [1.165, 1.54) is 5.01 Å². The zero-order valence-electron chi connectivity index (χ0n) is 14.6. The summed E-state index contributed by atoms with van der Waals surface area (Å²) in [5, 5.41) is 5.74. The molecule has 2 aliphatic heterocycles. The third-order valence-corrected chi connectivity index (χ3v) is 4.57. The van der Waals surface area contributed by atoms with Crippen molar-refractivity contribution in [2.45, 2.75) is 13.0 Å². The number of hydrogen-bond acceptors (Lipinski definition) is 6. The van der Waals surface area contributed by atoms with E-state index in [2.05, 4.69) is 5.10 Å². The van der Waals surface area contributed by atoms with Gasteiger partial charge in [-0.25, -0.2) is 9.69 Å². The third-order valence-electron chi connectivity index (χ3n) is 4.57. The number of hydrogen-bond donors (Lipinski definition) is 0. The van der Waals surface area contributed by atoms with Crippen LogP contribution in [0.25, 0.3) is 0 Å². The van der Waals surface area contributed by atoms with E-state index in [1.807, 2.05) is 6.07 Å². The number of esters is 1. The summed E-state index contributed by atoms with van der Waals surface area (Å²) in [5.74, 6) is -2.55. The van der Waals surface area contributed by atoms with E-state index >= 15 is 0 Å². The summed E-state index contributed by atoms with van der Waals surface area (Å²) in [6.45, 7) is 1.84. The molecule has 1 fully saturated rings. The molecule has 0 aliphatic carbocycles. The van der Waals surface area contributed by atoms with Crippen LogP contribution in [0.4, 0.5) is 11.4 Å². The van der Waals surface area contributed by atoms with Crippen molar-refractivity contribution in [2.75, 3.05) is 16.5 Å². The van der Waals surface area contributed by atoms with Crippen molar-refractivity contribution in [1.29, 1.82) is 0 Å². The normalized spacial score (nSPS) is 21.3. The summed E-state index contributed by atoms with van der Waals surface area (Å²) in [5.41, 5.74) is 1.06. The maximum atomic E-state index is 13.1. The van der Waals surface area contributed by atoms with Gasteiger partial charge in [0, 0.05) is 0 Å². The summed E-state index contributed by atoms with van der Waals surface area (Å²) in [7, 11) is 0. The van der Waals surface area contributed by atoms with E-state index in [0.717, 1.165) is 4.90 Å². The zero-order chi connectivity index (χ0) is 19.0. The SMILES string of the molecule is CCOC(=O)C1=NN(c2ccccc2)[C@H]2C(=O)N(c3ccccc3)C(=O)[C@@H]12. The van der Waals surface area contributed by atoms with Crippen molar-refractivity contribution in [1.82, 2.24) is 0 Å². The number of ether oxygens (including phenoxy) is 1. The minimum absolute atomic E-state index is 0.0394. The van der Waals surface area contributed by atoms with Crippen molar-refractivity contribution in [2.24, 2.45) is 11.0 Å². The first-order valence-corrected chi connectivity index (χ1v) is 8.66. The fourth-order valence-electron chi connectivity index (χ4n) is 3.41. The second kappa shape index (κ2) is 6.68. The van der Waals surface area contributed by atoms with Crippen molar-refractivity contribution >= 4 is 34.9 Å². The van der Waals surface area contributed by atoms with Gasteiger partial charge in [0.05, 0.1) is 18.0 Å². The Labute approximate surface area is 155 Å². The van der Waals surface area contributed by atoms with Crippen LogP contribution in [0.2, 0.25) is 0 Å². The Hall–Kier alpha value is -3.48. The zero-order valence-corrected chi connectivity index (χ0v) is 14.6. The summed E-state index contributed by atoms with van der Waals surface area (Å²) in [6.07, 6.45) is 0.